The van der Waals surface area contributed by atoms with Gasteiger partial charge in [0, 0.05) is 17.7 Å². The van der Waals surface area contributed by atoms with Crippen LogP contribution in [0, 0.1) is 0 Å². The van der Waals surface area contributed by atoms with Gasteiger partial charge in [0.1, 0.15) is 19.0 Å². The molecule has 0 amide bonds. The molecule has 76 valence electrons. The van der Waals surface area contributed by atoms with Gasteiger partial charge in [0.05, 0.1) is 0 Å². The summed E-state index contributed by atoms with van der Waals surface area (Å²) >= 11 is 0. The molecule has 1 aromatic carbocycles. The minimum Gasteiger partial charge on any atom is -0.508 e. The first kappa shape index (κ1) is 9.15. The predicted octanol–water partition coefficient (Wildman–Crippen LogP) is 1.18. The lowest BCUT2D eigenvalue weighted by molar-refractivity contribution is 0.168. The number of hydrogen-bond acceptors (Lipinski definition) is 4. The first-order valence-electron chi connectivity index (χ1n) is 4.56. The van der Waals surface area contributed by atoms with Gasteiger partial charge in [-0.3, -0.25) is 0 Å². The van der Waals surface area contributed by atoms with Crippen LogP contribution in [0.3, 0.4) is 0 Å². The van der Waals surface area contributed by atoms with Crippen LogP contribution in [0.5, 0.6) is 17.2 Å². The summed E-state index contributed by atoms with van der Waals surface area (Å²) in [7, 11) is 0. The Balaban J connectivity index is 2.52. The van der Waals surface area contributed by atoms with Crippen LogP contribution in [-0.2, 0) is 0 Å². The molecule has 0 aromatic heterocycles. The highest BCUT2D eigenvalue weighted by molar-refractivity contribution is 5.53. The molecule has 0 fully saturated rings. The molecule has 4 heteroatoms. The molecular formula is C10H13NO3. The van der Waals surface area contributed by atoms with E-state index in [0.29, 0.717) is 24.7 Å². The molecule has 2 rings (SSSR count). The fourth-order valence-electron chi connectivity index (χ4n) is 1.50. The van der Waals surface area contributed by atoms with E-state index in [1.54, 1.807) is 12.1 Å². The van der Waals surface area contributed by atoms with Crippen molar-refractivity contribution in [2.45, 2.75) is 13.0 Å². The zero-order valence-electron chi connectivity index (χ0n) is 7.99. The van der Waals surface area contributed by atoms with Crippen LogP contribution in [0.15, 0.2) is 12.1 Å². The minimum absolute atomic E-state index is 0.154. The fourth-order valence-corrected chi connectivity index (χ4v) is 1.50. The lowest BCUT2D eigenvalue weighted by Crippen LogP contribution is -2.18. The lowest BCUT2D eigenvalue weighted by atomic mass is 10.1. The number of hydrogen-bond donors (Lipinski definition) is 2. The molecule has 1 aliphatic heterocycles. The van der Waals surface area contributed by atoms with E-state index in [4.69, 9.17) is 15.2 Å². The van der Waals surface area contributed by atoms with Crippen molar-refractivity contribution in [2.75, 3.05) is 13.2 Å². The number of fused-ring (bicyclic) bond motifs is 1. The molecular weight excluding hydrogens is 182 g/mol. The van der Waals surface area contributed by atoms with Gasteiger partial charge in [-0.05, 0) is 13.0 Å². The molecule has 4 nitrogen and oxygen atoms in total. The largest absolute Gasteiger partial charge is 0.508 e. The fraction of sp³-hybridized carbons (Fsp3) is 0.400. The Morgan fingerprint density at radius 2 is 2.07 bits per heavy atom. The van der Waals surface area contributed by atoms with Crippen LogP contribution < -0.4 is 15.2 Å². The van der Waals surface area contributed by atoms with Crippen LogP contribution in [0.2, 0.25) is 0 Å². The maximum Gasteiger partial charge on any atom is 0.166 e. The summed E-state index contributed by atoms with van der Waals surface area (Å²) in [6, 6.07) is 2.97. The van der Waals surface area contributed by atoms with Gasteiger partial charge in [-0.1, -0.05) is 0 Å². The Morgan fingerprint density at radius 3 is 2.79 bits per heavy atom. The average Bonchev–Trinajstić information content (AvgIpc) is 2.16. The van der Waals surface area contributed by atoms with Gasteiger partial charge in [0.25, 0.3) is 0 Å². The van der Waals surface area contributed by atoms with E-state index in [-0.39, 0.29) is 11.8 Å². The maximum absolute atomic E-state index is 9.43. The van der Waals surface area contributed by atoms with E-state index < -0.39 is 0 Å². The molecule has 1 aromatic rings. The predicted molar refractivity (Wildman–Crippen MR) is 51.7 cm³/mol. The van der Waals surface area contributed by atoms with Crippen molar-refractivity contribution >= 4 is 0 Å². The van der Waals surface area contributed by atoms with Gasteiger partial charge in [-0.15, -0.1) is 0 Å². The summed E-state index contributed by atoms with van der Waals surface area (Å²) in [6.07, 6.45) is 0. The Hall–Kier alpha value is -1.42. The van der Waals surface area contributed by atoms with Crippen molar-refractivity contribution in [3.63, 3.8) is 0 Å². The number of rotatable bonds is 1. The highest BCUT2D eigenvalue weighted by Crippen LogP contribution is 2.39. The third-order valence-corrected chi connectivity index (χ3v) is 2.15. The molecule has 1 aliphatic rings. The molecule has 0 bridgehead atoms. The first-order valence-corrected chi connectivity index (χ1v) is 4.56. The maximum atomic E-state index is 9.43. The van der Waals surface area contributed by atoms with Crippen LogP contribution in [0.1, 0.15) is 18.5 Å². The number of nitrogens with two attached hydrogens (primary N) is 1. The Morgan fingerprint density at radius 1 is 1.36 bits per heavy atom. The van der Waals surface area contributed by atoms with Crippen molar-refractivity contribution < 1.29 is 14.6 Å². The zero-order valence-corrected chi connectivity index (χ0v) is 7.99. The first-order chi connectivity index (χ1) is 6.68. The molecule has 0 saturated carbocycles. The van der Waals surface area contributed by atoms with Crippen molar-refractivity contribution in [3.05, 3.63) is 17.7 Å². The van der Waals surface area contributed by atoms with Gasteiger partial charge in [0.2, 0.25) is 0 Å². The molecule has 1 heterocycles. The second kappa shape index (κ2) is 3.38. The SMILES string of the molecule is CC(N)c1cc(O)cc2c1OCCO2. The quantitative estimate of drug-likeness (QED) is 0.706. The smallest absolute Gasteiger partial charge is 0.166 e. The van der Waals surface area contributed by atoms with Crippen LogP contribution >= 0.6 is 0 Å². The van der Waals surface area contributed by atoms with Crippen molar-refractivity contribution in [1.29, 1.82) is 0 Å². The number of ether oxygens (including phenoxy) is 2. The Bertz CT molecular complexity index is 349. The summed E-state index contributed by atoms with van der Waals surface area (Å²) in [5.41, 5.74) is 6.54. The molecule has 3 N–H and O–H groups in total. The molecule has 0 saturated heterocycles. The summed E-state index contributed by atoms with van der Waals surface area (Å²) < 4.78 is 10.8. The van der Waals surface area contributed by atoms with Gasteiger partial charge >= 0.3 is 0 Å². The summed E-state index contributed by atoms with van der Waals surface area (Å²) in [4.78, 5) is 0. The third-order valence-electron chi connectivity index (χ3n) is 2.15. The van der Waals surface area contributed by atoms with E-state index >= 15 is 0 Å². The average molecular weight is 195 g/mol. The second-order valence-corrected chi connectivity index (χ2v) is 3.35. The molecule has 14 heavy (non-hydrogen) atoms. The summed E-state index contributed by atoms with van der Waals surface area (Å²) in [5, 5.41) is 9.43. The topological polar surface area (TPSA) is 64.7 Å². The van der Waals surface area contributed by atoms with E-state index in [9.17, 15) is 5.11 Å². The van der Waals surface area contributed by atoms with E-state index in [1.165, 1.54) is 0 Å². The standard InChI is InChI=1S/C10H13NO3/c1-6(11)8-4-7(12)5-9-10(8)14-3-2-13-9/h4-6,12H,2-3,11H2,1H3. The number of aromatic hydroxyl groups is 1. The third kappa shape index (κ3) is 1.48. The van der Waals surface area contributed by atoms with E-state index in [0.717, 1.165) is 5.56 Å². The van der Waals surface area contributed by atoms with Crippen molar-refractivity contribution in [2.24, 2.45) is 5.73 Å². The number of benzene rings is 1. The number of phenolic OH excluding ortho intramolecular Hbond substituents is 1. The van der Waals surface area contributed by atoms with Crippen LogP contribution in [0.4, 0.5) is 0 Å². The van der Waals surface area contributed by atoms with Crippen molar-refractivity contribution in [3.8, 4) is 17.2 Å². The Labute approximate surface area is 82.2 Å². The Kier molecular flexibility index (Phi) is 2.21. The second-order valence-electron chi connectivity index (χ2n) is 3.35. The molecule has 1 unspecified atom stereocenters. The molecule has 0 spiro atoms. The van der Waals surface area contributed by atoms with Gasteiger partial charge in [-0.25, -0.2) is 0 Å². The van der Waals surface area contributed by atoms with Gasteiger partial charge in [0.15, 0.2) is 11.5 Å². The molecule has 1 atom stereocenters. The van der Waals surface area contributed by atoms with Crippen molar-refractivity contribution in [1.82, 2.24) is 0 Å². The van der Waals surface area contributed by atoms with Crippen LogP contribution in [-0.4, -0.2) is 18.3 Å². The monoisotopic (exact) mass is 195 g/mol. The van der Waals surface area contributed by atoms with E-state index in [2.05, 4.69) is 0 Å². The van der Waals surface area contributed by atoms with Crippen LogP contribution in [0.25, 0.3) is 0 Å². The zero-order chi connectivity index (χ0) is 10.1. The van der Waals surface area contributed by atoms with Gasteiger partial charge in [-0.2, -0.15) is 0 Å². The lowest BCUT2D eigenvalue weighted by Gasteiger charge is -2.22. The van der Waals surface area contributed by atoms with E-state index in [1.807, 2.05) is 6.92 Å². The summed E-state index contributed by atoms with van der Waals surface area (Å²) in [6.45, 7) is 2.87. The number of phenols is 1. The molecule has 0 radical (unpaired) electrons. The minimum atomic E-state index is -0.183. The highest BCUT2D eigenvalue weighted by atomic mass is 16.6. The highest BCUT2D eigenvalue weighted by Gasteiger charge is 2.19. The van der Waals surface area contributed by atoms with Gasteiger partial charge < -0.3 is 20.3 Å². The summed E-state index contributed by atoms with van der Waals surface area (Å²) in [5.74, 6) is 1.38. The normalized spacial score (nSPS) is 16.4. The molecule has 0 aliphatic carbocycles.